The molecule has 1 fully saturated rings. The molecule has 18 heavy (non-hydrogen) atoms. The van der Waals surface area contributed by atoms with Crippen molar-refractivity contribution in [3.8, 4) is 0 Å². The molecular weight excluding hydrogens is 290 g/mol. The molecular formula is C15H20BrNO. The van der Waals surface area contributed by atoms with Crippen molar-refractivity contribution in [3.63, 3.8) is 0 Å². The Morgan fingerprint density at radius 2 is 1.83 bits per heavy atom. The maximum atomic E-state index is 12.3. The van der Waals surface area contributed by atoms with Crippen LogP contribution in [0.1, 0.15) is 49.5 Å². The Balaban J connectivity index is 2.26. The van der Waals surface area contributed by atoms with Gasteiger partial charge in [-0.1, -0.05) is 42.8 Å². The molecule has 0 bridgehead atoms. The van der Waals surface area contributed by atoms with Crippen molar-refractivity contribution in [2.45, 2.75) is 39.0 Å². The highest BCUT2D eigenvalue weighted by molar-refractivity contribution is 9.10. The predicted molar refractivity (Wildman–Crippen MR) is 78.0 cm³/mol. The molecule has 98 valence electrons. The Hall–Kier alpha value is -0.830. The molecule has 0 spiro atoms. The fraction of sp³-hybridized carbons (Fsp3) is 0.533. The number of hydrogen-bond acceptors (Lipinski definition) is 1. The molecule has 1 aliphatic heterocycles. The van der Waals surface area contributed by atoms with E-state index in [1.807, 2.05) is 17.0 Å². The van der Waals surface area contributed by atoms with Gasteiger partial charge in [0.1, 0.15) is 0 Å². The van der Waals surface area contributed by atoms with Crippen LogP contribution in [0, 0.1) is 0 Å². The van der Waals surface area contributed by atoms with E-state index in [0.717, 1.165) is 36.0 Å². The number of benzene rings is 1. The monoisotopic (exact) mass is 309 g/mol. The van der Waals surface area contributed by atoms with Gasteiger partial charge in [-0.2, -0.15) is 0 Å². The number of rotatable bonds is 1. The second kappa shape index (κ2) is 5.04. The third kappa shape index (κ3) is 2.77. The van der Waals surface area contributed by atoms with Gasteiger partial charge in [-0.15, -0.1) is 0 Å². The van der Waals surface area contributed by atoms with Crippen LogP contribution in [0.2, 0.25) is 0 Å². The molecule has 2 nitrogen and oxygen atoms in total. The van der Waals surface area contributed by atoms with E-state index in [-0.39, 0.29) is 11.3 Å². The van der Waals surface area contributed by atoms with Gasteiger partial charge in [0.2, 0.25) is 0 Å². The Bertz CT molecular complexity index is 456. The molecule has 0 radical (unpaired) electrons. The summed E-state index contributed by atoms with van der Waals surface area (Å²) in [6, 6.07) is 5.97. The summed E-state index contributed by atoms with van der Waals surface area (Å²) in [5.74, 6) is 0.161. The summed E-state index contributed by atoms with van der Waals surface area (Å²) in [5, 5.41) is 0. The SMILES string of the molecule is CC(C)(C)c1ccc(C(=O)N2CCCC2)cc1Br. The number of hydrogen-bond donors (Lipinski definition) is 0. The van der Waals surface area contributed by atoms with Gasteiger partial charge < -0.3 is 4.90 Å². The summed E-state index contributed by atoms with van der Waals surface area (Å²) in [6.45, 7) is 8.33. The van der Waals surface area contributed by atoms with Gasteiger partial charge in [-0.3, -0.25) is 4.79 Å². The van der Waals surface area contributed by atoms with E-state index in [1.54, 1.807) is 0 Å². The molecule has 1 heterocycles. The lowest BCUT2D eigenvalue weighted by Gasteiger charge is -2.22. The standard InChI is InChI=1S/C15H20BrNO/c1-15(2,3)12-7-6-11(10-13(12)16)14(18)17-8-4-5-9-17/h6-7,10H,4-5,8-9H2,1-3H3. The number of nitrogens with zero attached hydrogens (tertiary/aromatic N) is 1. The number of amides is 1. The molecule has 0 N–H and O–H groups in total. The molecule has 1 saturated heterocycles. The molecule has 1 aliphatic rings. The zero-order valence-electron chi connectivity index (χ0n) is 11.3. The number of carbonyl (C=O) groups excluding carboxylic acids is 1. The van der Waals surface area contributed by atoms with Crippen molar-refractivity contribution in [2.24, 2.45) is 0 Å². The minimum absolute atomic E-state index is 0.0913. The minimum Gasteiger partial charge on any atom is -0.339 e. The Kier molecular flexibility index (Phi) is 3.81. The first-order chi connectivity index (χ1) is 8.39. The molecule has 0 saturated carbocycles. The van der Waals surface area contributed by atoms with Crippen LogP contribution in [-0.4, -0.2) is 23.9 Å². The lowest BCUT2D eigenvalue weighted by atomic mass is 9.86. The highest BCUT2D eigenvalue weighted by Crippen LogP contribution is 2.30. The Morgan fingerprint density at radius 1 is 1.22 bits per heavy atom. The van der Waals surface area contributed by atoms with Gasteiger partial charge in [0, 0.05) is 23.1 Å². The summed E-state index contributed by atoms with van der Waals surface area (Å²) in [7, 11) is 0. The van der Waals surface area contributed by atoms with Gasteiger partial charge in [-0.05, 0) is 36.0 Å². The zero-order chi connectivity index (χ0) is 13.3. The van der Waals surface area contributed by atoms with Crippen LogP contribution in [0.15, 0.2) is 22.7 Å². The van der Waals surface area contributed by atoms with Crippen LogP contribution in [-0.2, 0) is 5.41 Å². The topological polar surface area (TPSA) is 20.3 Å². The van der Waals surface area contributed by atoms with Gasteiger partial charge >= 0.3 is 0 Å². The maximum Gasteiger partial charge on any atom is 0.253 e. The van der Waals surface area contributed by atoms with E-state index in [4.69, 9.17) is 0 Å². The minimum atomic E-state index is 0.0913. The van der Waals surface area contributed by atoms with Crippen molar-refractivity contribution >= 4 is 21.8 Å². The predicted octanol–water partition coefficient (Wildman–Crippen LogP) is 3.98. The van der Waals surface area contributed by atoms with E-state index in [9.17, 15) is 4.79 Å². The molecule has 0 atom stereocenters. The molecule has 2 rings (SSSR count). The van der Waals surface area contributed by atoms with E-state index < -0.39 is 0 Å². The second-order valence-corrected chi connectivity index (χ2v) is 6.80. The summed E-state index contributed by atoms with van der Waals surface area (Å²) in [6.07, 6.45) is 2.26. The molecule has 1 amide bonds. The van der Waals surface area contributed by atoms with E-state index in [0.29, 0.717) is 0 Å². The van der Waals surface area contributed by atoms with Gasteiger partial charge in [-0.25, -0.2) is 0 Å². The molecule has 0 aromatic heterocycles. The summed E-state index contributed by atoms with van der Waals surface area (Å²) < 4.78 is 1.03. The quantitative estimate of drug-likeness (QED) is 0.768. The van der Waals surface area contributed by atoms with E-state index in [2.05, 4.69) is 42.8 Å². The lowest BCUT2D eigenvalue weighted by molar-refractivity contribution is 0.0792. The smallest absolute Gasteiger partial charge is 0.253 e. The van der Waals surface area contributed by atoms with Crippen LogP contribution in [0.3, 0.4) is 0 Å². The van der Waals surface area contributed by atoms with E-state index in [1.165, 1.54) is 5.56 Å². The molecule has 1 aromatic rings. The average Bonchev–Trinajstić information content (AvgIpc) is 2.79. The van der Waals surface area contributed by atoms with Gasteiger partial charge in [0.05, 0.1) is 0 Å². The van der Waals surface area contributed by atoms with Gasteiger partial charge in [0.25, 0.3) is 5.91 Å². The normalized spacial score (nSPS) is 16.1. The second-order valence-electron chi connectivity index (χ2n) is 5.94. The Labute approximate surface area is 117 Å². The van der Waals surface area contributed by atoms with E-state index >= 15 is 0 Å². The van der Waals surface area contributed by atoms with Crippen LogP contribution >= 0.6 is 15.9 Å². The van der Waals surface area contributed by atoms with Crippen molar-refractivity contribution < 1.29 is 4.79 Å². The third-order valence-corrected chi connectivity index (χ3v) is 4.07. The first kappa shape index (κ1) is 13.6. The van der Waals surface area contributed by atoms with Crippen molar-refractivity contribution in [3.05, 3.63) is 33.8 Å². The van der Waals surface area contributed by atoms with Crippen LogP contribution in [0.5, 0.6) is 0 Å². The largest absolute Gasteiger partial charge is 0.339 e. The summed E-state index contributed by atoms with van der Waals surface area (Å²) >= 11 is 3.59. The first-order valence-electron chi connectivity index (χ1n) is 6.49. The summed E-state index contributed by atoms with van der Waals surface area (Å²) in [5.41, 5.74) is 2.12. The average molecular weight is 310 g/mol. The van der Waals surface area contributed by atoms with Crippen LogP contribution < -0.4 is 0 Å². The van der Waals surface area contributed by atoms with Crippen LogP contribution in [0.4, 0.5) is 0 Å². The molecule has 0 aliphatic carbocycles. The van der Waals surface area contributed by atoms with Crippen molar-refractivity contribution in [2.75, 3.05) is 13.1 Å². The zero-order valence-corrected chi connectivity index (χ0v) is 12.9. The third-order valence-electron chi connectivity index (χ3n) is 3.42. The van der Waals surface area contributed by atoms with Crippen LogP contribution in [0.25, 0.3) is 0 Å². The summed E-state index contributed by atoms with van der Waals surface area (Å²) in [4.78, 5) is 14.2. The maximum absolute atomic E-state index is 12.3. The molecule has 0 unspecified atom stereocenters. The highest BCUT2D eigenvalue weighted by Gasteiger charge is 2.22. The lowest BCUT2D eigenvalue weighted by Crippen LogP contribution is -2.27. The number of likely N-dealkylation sites (tertiary alicyclic amines) is 1. The highest BCUT2D eigenvalue weighted by atomic mass is 79.9. The fourth-order valence-corrected chi connectivity index (χ4v) is 3.33. The van der Waals surface area contributed by atoms with Crippen molar-refractivity contribution in [1.29, 1.82) is 0 Å². The molecule has 1 aromatic carbocycles. The fourth-order valence-electron chi connectivity index (χ4n) is 2.36. The number of carbonyl (C=O) groups is 1. The number of halogens is 1. The van der Waals surface area contributed by atoms with Gasteiger partial charge in [0.15, 0.2) is 0 Å². The Morgan fingerprint density at radius 3 is 2.33 bits per heavy atom. The molecule has 3 heteroatoms. The first-order valence-corrected chi connectivity index (χ1v) is 7.28. The van der Waals surface area contributed by atoms with Crippen molar-refractivity contribution in [1.82, 2.24) is 4.90 Å².